The zero-order chi connectivity index (χ0) is 31.9. The fourth-order valence-corrected chi connectivity index (χ4v) is 5.92. The van der Waals surface area contributed by atoms with Crippen molar-refractivity contribution in [2.24, 2.45) is 10.1 Å². The van der Waals surface area contributed by atoms with Crippen molar-refractivity contribution in [2.45, 2.75) is 31.0 Å². The zero-order valence-corrected chi connectivity index (χ0v) is 26.2. The number of hydrogen-bond acceptors (Lipinski definition) is 8. The van der Waals surface area contributed by atoms with Crippen LogP contribution in [0.25, 0.3) is 10.4 Å². The van der Waals surface area contributed by atoms with Crippen LogP contribution in [0.15, 0.2) is 106 Å². The van der Waals surface area contributed by atoms with Gasteiger partial charge in [-0.05, 0) is 59.1 Å². The molecule has 0 spiro atoms. The number of hydrogen-bond donors (Lipinski definition) is 2. The van der Waals surface area contributed by atoms with Gasteiger partial charge in [0.1, 0.15) is 5.75 Å². The Kier molecular flexibility index (Phi) is 9.39. The lowest BCUT2D eigenvalue weighted by Crippen LogP contribution is -2.49. The van der Waals surface area contributed by atoms with Gasteiger partial charge in [-0.15, -0.1) is 0 Å². The molecule has 0 saturated carbocycles. The van der Waals surface area contributed by atoms with Crippen LogP contribution >= 0.6 is 15.9 Å². The number of halogens is 1. The first-order chi connectivity index (χ1) is 22.5. The molecule has 4 aromatic rings. The van der Waals surface area contributed by atoms with Gasteiger partial charge in [-0.25, -0.2) is 4.99 Å². The van der Waals surface area contributed by atoms with Gasteiger partial charge in [0.2, 0.25) is 12.7 Å². The van der Waals surface area contributed by atoms with Gasteiger partial charge in [0.25, 0.3) is 5.91 Å². The fraction of sp³-hybridized carbons (Fsp3) is 0.235. The number of fused-ring (bicyclic) bond motifs is 1. The highest BCUT2D eigenvalue weighted by atomic mass is 79.9. The molecule has 46 heavy (non-hydrogen) atoms. The maximum atomic E-state index is 14.6. The normalized spacial score (nSPS) is 17.9. The van der Waals surface area contributed by atoms with E-state index in [1.807, 2.05) is 66.7 Å². The van der Waals surface area contributed by atoms with Crippen molar-refractivity contribution in [1.82, 2.24) is 5.32 Å². The zero-order valence-electron chi connectivity index (χ0n) is 24.6. The number of carbonyl (C=O) groups is 1. The van der Waals surface area contributed by atoms with Crippen LogP contribution in [0.4, 0.5) is 5.69 Å². The molecule has 11 nitrogen and oxygen atoms in total. The number of nitrogens with one attached hydrogen (secondary N) is 1. The summed E-state index contributed by atoms with van der Waals surface area (Å²) in [6, 6.07) is 27.4. The van der Waals surface area contributed by atoms with Gasteiger partial charge >= 0.3 is 0 Å². The molecule has 0 radical (unpaired) electrons. The number of aliphatic hydroxyl groups excluding tert-OH is 1. The first-order valence-corrected chi connectivity index (χ1v) is 15.4. The second kappa shape index (κ2) is 13.9. The van der Waals surface area contributed by atoms with Crippen LogP contribution in [0.3, 0.4) is 0 Å². The number of benzene rings is 4. The minimum Gasteiger partial charge on any atom is -0.494 e. The van der Waals surface area contributed by atoms with E-state index in [0.29, 0.717) is 47.1 Å². The Morgan fingerprint density at radius 3 is 2.65 bits per heavy atom. The standard InChI is InChI=1S/C34H30BrN5O6/c35-27-8-3-2-7-26(27)31-34(19-24-6-1-4-9-28(24)39-40-36,33(42)37-20-22-10-15-29-30(18-22)45-21-44-29)38-32(46-31)23-11-13-25(14-12-23)43-17-5-16-41/h1-4,6-15,18,31,41H,5,16-17,19-21H2,(H,37,42)/t31-,34-/m1/s1. The van der Waals surface area contributed by atoms with Crippen molar-refractivity contribution in [3.63, 3.8) is 0 Å². The maximum absolute atomic E-state index is 14.6. The molecule has 234 valence electrons. The quantitative estimate of drug-likeness (QED) is 0.0735. The summed E-state index contributed by atoms with van der Waals surface area (Å²) in [4.78, 5) is 22.7. The van der Waals surface area contributed by atoms with E-state index >= 15 is 0 Å². The van der Waals surface area contributed by atoms with E-state index in [0.717, 1.165) is 15.6 Å². The van der Waals surface area contributed by atoms with Gasteiger partial charge in [-0.3, -0.25) is 4.79 Å². The third-order valence-electron chi connectivity index (χ3n) is 7.71. The summed E-state index contributed by atoms with van der Waals surface area (Å²) in [5.41, 5.74) is 11.0. The average molecular weight is 685 g/mol. The summed E-state index contributed by atoms with van der Waals surface area (Å²) < 4.78 is 24.0. The van der Waals surface area contributed by atoms with Crippen molar-refractivity contribution >= 4 is 33.4 Å². The summed E-state index contributed by atoms with van der Waals surface area (Å²) in [5, 5.41) is 16.1. The summed E-state index contributed by atoms with van der Waals surface area (Å²) in [7, 11) is 0. The number of ether oxygens (including phenoxy) is 4. The maximum Gasteiger partial charge on any atom is 0.252 e. The number of nitrogens with zero attached hydrogens (tertiary/aromatic N) is 4. The Hall–Kier alpha value is -5.03. The molecular formula is C34H30BrN5O6. The van der Waals surface area contributed by atoms with Crippen LogP contribution in [-0.2, 0) is 22.5 Å². The average Bonchev–Trinajstić information content (AvgIpc) is 3.71. The second-order valence-electron chi connectivity index (χ2n) is 10.7. The van der Waals surface area contributed by atoms with Crippen molar-refractivity contribution < 1.29 is 28.8 Å². The van der Waals surface area contributed by atoms with Crippen molar-refractivity contribution in [1.29, 1.82) is 0 Å². The largest absolute Gasteiger partial charge is 0.494 e. The smallest absolute Gasteiger partial charge is 0.252 e. The molecule has 12 heteroatoms. The van der Waals surface area contributed by atoms with Gasteiger partial charge in [0.05, 0.1) is 6.61 Å². The van der Waals surface area contributed by atoms with Gasteiger partial charge in [-0.1, -0.05) is 69.6 Å². The predicted molar refractivity (Wildman–Crippen MR) is 174 cm³/mol. The first-order valence-electron chi connectivity index (χ1n) is 14.7. The lowest BCUT2D eigenvalue weighted by molar-refractivity contribution is -0.129. The minimum absolute atomic E-state index is 0.0424. The molecule has 0 saturated heterocycles. The molecule has 2 atom stereocenters. The molecule has 2 aliphatic rings. The first kappa shape index (κ1) is 31.0. The predicted octanol–water partition coefficient (Wildman–Crippen LogP) is 6.70. The van der Waals surface area contributed by atoms with E-state index in [4.69, 9.17) is 29.0 Å². The van der Waals surface area contributed by atoms with Crippen LogP contribution in [0.1, 0.15) is 34.8 Å². The molecule has 1 amide bonds. The number of azide groups is 1. The molecule has 0 aromatic heterocycles. The number of carbonyl (C=O) groups excluding carboxylic acids is 1. The van der Waals surface area contributed by atoms with E-state index in [1.165, 1.54) is 0 Å². The van der Waals surface area contributed by atoms with Gasteiger partial charge in [-0.2, -0.15) is 0 Å². The van der Waals surface area contributed by atoms with Gasteiger partial charge in [0.15, 0.2) is 23.1 Å². The fourth-order valence-electron chi connectivity index (χ4n) is 5.43. The highest BCUT2D eigenvalue weighted by Crippen LogP contribution is 2.45. The molecule has 6 rings (SSSR count). The molecule has 0 unspecified atom stereocenters. The summed E-state index contributed by atoms with van der Waals surface area (Å²) in [5.74, 6) is 1.81. The SMILES string of the molecule is [N-]=[N+]=Nc1ccccc1C[C@@]1(C(=O)NCc2ccc3c(c2)OCO3)N=C(c2ccc(OCCCO)cc2)O[C@@H]1c1ccccc1Br. The van der Waals surface area contributed by atoms with E-state index in [-0.39, 0.29) is 38.2 Å². The van der Waals surface area contributed by atoms with E-state index in [1.54, 1.807) is 24.3 Å². The molecule has 2 aliphatic heterocycles. The van der Waals surface area contributed by atoms with Crippen LogP contribution in [0.2, 0.25) is 0 Å². The summed E-state index contributed by atoms with van der Waals surface area (Å²) in [6.07, 6.45) is -0.256. The molecule has 4 aromatic carbocycles. The molecule has 0 bridgehead atoms. The third-order valence-corrected chi connectivity index (χ3v) is 8.43. The van der Waals surface area contributed by atoms with E-state index in [2.05, 4.69) is 31.3 Å². The van der Waals surface area contributed by atoms with E-state index in [9.17, 15) is 10.3 Å². The highest BCUT2D eigenvalue weighted by molar-refractivity contribution is 9.10. The van der Waals surface area contributed by atoms with Crippen molar-refractivity contribution in [2.75, 3.05) is 20.0 Å². The van der Waals surface area contributed by atoms with Crippen LogP contribution in [0.5, 0.6) is 17.2 Å². The number of rotatable bonds is 12. The number of aliphatic imine (C=N–C) groups is 1. The van der Waals surface area contributed by atoms with Crippen LogP contribution in [-0.4, -0.2) is 42.5 Å². The van der Waals surface area contributed by atoms with Crippen LogP contribution in [0, 0.1) is 0 Å². The molecule has 2 N–H and O–H groups in total. The lowest BCUT2D eigenvalue weighted by Gasteiger charge is -2.31. The monoisotopic (exact) mass is 683 g/mol. The summed E-state index contributed by atoms with van der Waals surface area (Å²) in [6.45, 7) is 0.773. The van der Waals surface area contributed by atoms with Crippen LogP contribution < -0.4 is 19.5 Å². The Morgan fingerprint density at radius 2 is 1.85 bits per heavy atom. The molecule has 0 aliphatic carbocycles. The Balaban J connectivity index is 1.42. The third kappa shape index (κ3) is 6.50. The molecular weight excluding hydrogens is 654 g/mol. The summed E-state index contributed by atoms with van der Waals surface area (Å²) >= 11 is 3.66. The molecule has 0 fully saturated rings. The van der Waals surface area contributed by atoms with Crippen molar-refractivity contribution in [3.05, 3.63) is 128 Å². The second-order valence-corrected chi connectivity index (χ2v) is 11.5. The highest BCUT2D eigenvalue weighted by Gasteiger charge is 2.54. The lowest BCUT2D eigenvalue weighted by atomic mass is 9.81. The topological polar surface area (TPSA) is 147 Å². The van der Waals surface area contributed by atoms with Gasteiger partial charge < -0.3 is 29.4 Å². The number of amides is 1. The minimum atomic E-state index is -1.51. The molecule has 2 heterocycles. The Bertz CT molecular complexity index is 1810. The van der Waals surface area contributed by atoms with Crippen molar-refractivity contribution in [3.8, 4) is 17.2 Å². The Labute approximate surface area is 273 Å². The van der Waals surface area contributed by atoms with E-state index < -0.39 is 11.6 Å². The van der Waals surface area contributed by atoms with Gasteiger partial charge in [0, 0.05) is 52.2 Å². The number of aliphatic hydroxyl groups is 1. The Morgan fingerprint density at radius 1 is 1.07 bits per heavy atom.